The molecule has 9 nitrogen and oxygen atoms in total. The molecule has 1 saturated heterocycles. The highest BCUT2D eigenvalue weighted by atomic mass is 16.6. The van der Waals surface area contributed by atoms with Gasteiger partial charge in [0.1, 0.15) is 0 Å². The second kappa shape index (κ2) is 8.03. The van der Waals surface area contributed by atoms with E-state index in [9.17, 15) is 25.0 Å². The van der Waals surface area contributed by atoms with E-state index in [1.54, 1.807) is 12.1 Å². The molecule has 1 heterocycles. The van der Waals surface area contributed by atoms with Gasteiger partial charge in [0, 0.05) is 36.1 Å². The molecule has 0 saturated carbocycles. The van der Waals surface area contributed by atoms with Crippen molar-refractivity contribution in [2.45, 2.75) is 26.2 Å². The monoisotopic (exact) mass is 384 g/mol. The smallest absolute Gasteiger partial charge is 0.279 e. The van der Waals surface area contributed by atoms with Crippen LogP contribution in [0.25, 0.3) is 0 Å². The summed E-state index contributed by atoms with van der Waals surface area (Å²) < 4.78 is 0. The third-order valence-corrected chi connectivity index (χ3v) is 4.86. The summed E-state index contributed by atoms with van der Waals surface area (Å²) in [7, 11) is 0. The van der Waals surface area contributed by atoms with Crippen molar-refractivity contribution < 1.29 is 14.6 Å². The van der Waals surface area contributed by atoms with E-state index in [1.165, 1.54) is 13.3 Å². The molecule has 1 aliphatic rings. The molecule has 2 aromatic carbocycles. The van der Waals surface area contributed by atoms with Crippen LogP contribution in [0.3, 0.4) is 0 Å². The number of nitro groups is 2. The fourth-order valence-electron chi connectivity index (χ4n) is 3.32. The van der Waals surface area contributed by atoms with Crippen LogP contribution < -0.4 is 10.2 Å². The molecule has 0 atom stereocenters. The number of nitrogens with zero attached hydrogens (tertiary/aromatic N) is 3. The van der Waals surface area contributed by atoms with Gasteiger partial charge in [-0.3, -0.25) is 25.0 Å². The number of piperidine rings is 1. The van der Waals surface area contributed by atoms with Gasteiger partial charge in [0.05, 0.1) is 21.5 Å². The lowest BCUT2D eigenvalue weighted by atomic mass is 10.0. The van der Waals surface area contributed by atoms with Crippen LogP contribution in [0.5, 0.6) is 0 Å². The molecule has 28 heavy (non-hydrogen) atoms. The minimum Gasteiger partial charge on any atom is -0.372 e. The Bertz CT molecular complexity index is 921. The molecular formula is C19H20N4O5. The van der Waals surface area contributed by atoms with Crippen molar-refractivity contribution in [1.82, 2.24) is 0 Å². The summed E-state index contributed by atoms with van der Waals surface area (Å²) in [5.41, 5.74) is 0.612. The first-order chi connectivity index (χ1) is 13.4. The van der Waals surface area contributed by atoms with Gasteiger partial charge in [0.15, 0.2) is 0 Å². The van der Waals surface area contributed by atoms with Crippen molar-refractivity contribution in [3.63, 3.8) is 0 Å². The summed E-state index contributed by atoms with van der Waals surface area (Å²) in [6, 6.07) is 9.23. The first kappa shape index (κ1) is 19.3. The lowest BCUT2D eigenvalue weighted by molar-refractivity contribution is -0.394. The fraction of sp³-hybridized carbons (Fsp3) is 0.316. The fourth-order valence-corrected chi connectivity index (χ4v) is 3.32. The van der Waals surface area contributed by atoms with Crippen LogP contribution in [-0.2, 0) is 0 Å². The molecule has 0 aromatic heterocycles. The van der Waals surface area contributed by atoms with E-state index < -0.39 is 27.1 Å². The predicted octanol–water partition coefficient (Wildman–Crippen LogP) is 4.05. The molecule has 0 aliphatic carbocycles. The van der Waals surface area contributed by atoms with Gasteiger partial charge >= 0.3 is 0 Å². The van der Waals surface area contributed by atoms with E-state index in [1.807, 2.05) is 12.1 Å². The summed E-state index contributed by atoms with van der Waals surface area (Å²) >= 11 is 0. The summed E-state index contributed by atoms with van der Waals surface area (Å²) in [6.07, 6.45) is 3.55. The first-order valence-electron chi connectivity index (χ1n) is 8.96. The molecule has 0 unspecified atom stereocenters. The molecule has 1 fully saturated rings. The van der Waals surface area contributed by atoms with Gasteiger partial charge in [-0.25, -0.2) is 0 Å². The molecule has 1 amide bonds. The Labute approximate surface area is 161 Å². The Balaban J connectivity index is 1.82. The summed E-state index contributed by atoms with van der Waals surface area (Å²) in [5, 5.41) is 24.9. The first-order valence-corrected chi connectivity index (χ1v) is 8.96. The third kappa shape index (κ3) is 4.08. The van der Waals surface area contributed by atoms with E-state index in [4.69, 9.17) is 0 Å². The topological polar surface area (TPSA) is 119 Å². The average Bonchev–Trinajstić information content (AvgIpc) is 2.69. The summed E-state index contributed by atoms with van der Waals surface area (Å²) in [4.78, 5) is 35.6. The minimum atomic E-state index is -0.753. The SMILES string of the molecule is Cc1c(C(=O)Nc2ccc(N3CCCCC3)cc2)cc([N+](=O)[O-])cc1[N+](=O)[O-]. The number of non-ortho nitro benzene ring substituents is 1. The molecule has 0 bridgehead atoms. The second-order valence-electron chi connectivity index (χ2n) is 6.70. The van der Waals surface area contributed by atoms with E-state index in [0.29, 0.717) is 5.69 Å². The van der Waals surface area contributed by atoms with Crippen molar-refractivity contribution in [1.29, 1.82) is 0 Å². The second-order valence-corrected chi connectivity index (χ2v) is 6.70. The number of benzene rings is 2. The Hall–Kier alpha value is -3.49. The standard InChI is InChI=1S/C19H20N4O5/c1-13-17(11-16(22(25)26)12-18(13)23(27)28)19(24)20-14-5-7-15(8-6-14)21-9-3-2-4-10-21/h5-8,11-12H,2-4,9-10H2,1H3,(H,20,24). The number of carbonyl (C=O) groups is 1. The van der Waals surface area contributed by atoms with Gasteiger partial charge in [-0.05, 0) is 50.5 Å². The zero-order valence-electron chi connectivity index (χ0n) is 15.4. The van der Waals surface area contributed by atoms with E-state index >= 15 is 0 Å². The molecule has 1 aliphatic heterocycles. The van der Waals surface area contributed by atoms with Crippen molar-refractivity contribution in [2.75, 3.05) is 23.3 Å². The maximum absolute atomic E-state index is 12.6. The molecule has 0 spiro atoms. The van der Waals surface area contributed by atoms with Crippen LogP contribution in [0.4, 0.5) is 22.7 Å². The number of hydrogen-bond acceptors (Lipinski definition) is 6. The minimum absolute atomic E-state index is 0.0815. The van der Waals surface area contributed by atoms with Crippen molar-refractivity contribution >= 4 is 28.7 Å². The van der Waals surface area contributed by atoms with E-state index in [2.05, 4.69) is 10.2 Å². The summed E-state index contributed by atoms with van der Waals surface area (Å²) in [6.45, 7) is 3.40. The zero-order chi connectivity index (χ0) is 20.3. The number of hydrogen-bond donors (Lipinski definition) is 1. The van der Waals surface area contributed by atoms with Gasteiger partial charge in [-0.15, -0.1) is 0 Å². The molecule has 3 rings (SSSR count). The van der Waals surface area contributed by atoms with Crippen molar-refractivity contribution in [3.05, 3.63) is 67.8 Å². The Kier molecular flexibility index (Phi) is 5.53. The predicted molar refractivity (Wildman–Crippen MR) is 105 cm³/mol. The largest absolute Gasteiger partial charge is 0.372 e. The normalized spacial score (nSPS) is 13.8. The van der Waals surface area contributed by atoms with Crippen LogP contribution in [0.2, 0.25) is 0 Å². The number of nitrogens with one attached hydrogen (secondary N) is 1. The highest BCUT2D eigenvalue weighted by Crippen LogP contribution is 2.29. The number of nitro benzene ring substituents is 2. The highest BCUT2D eigenvalue weighted by Gasteiger charge is 2.24. The van der Waals surface area contributed by atoms with E-state index in [-0.39, 0.29) is 11.1 Å². The molecule has 146 valence electrons. The Morgan fingerprint density at radius 1 is 1.00 bits per heavy atom. The Morgan fingerprint density at radius 2 is 1.64 bits per heavy atom. The molecular weight excluding hydrogens is 364 g/mol. The third-order valence-electron chi connectivity index (χ3n) is 4.86. The van der Waals surface area contributed by atoms with Gasteiger partial charge in [-0.2, -0.15) is 0 Å². The lowest BCUT2D eigenvalue weighted by Gasteiger charge is -2.28. The van der Waals surface area contributed by atoms with Crippen LogP contribution in [0, 0.1) is 27.2 Å². The number of carbonyl (C=O) groups excluding carboxylic acids is 1. The van der Waals surface area contributed by atoms with Crippen molar-refractivity contribution in [3.8, 4) is 0 Å². The van der Waals surface area contributed by atoms with Gasteiger partial charge in [0.2, 0.25) is 0 Å². The number of amides is 1. The lowest BCUT2D eigenvalue weighted by Crippen LogP contribution is -2.29. The number of anilines is 2. The quantitative estimate of drug-likeness (QED) is 0.613. The molecule has 9 heteroatoms. The molecule has 0 radical (unpaired) electrons. The van der Waals surface area contributed by atoms with Crippen LogP contribution >= 0.6 is 0 Å². The van der Waals surface area contributed by atoms with Crippen LogP contribution in [0.15, 0.2) is 36.4 Å². The molecule has 2 aromatic rings. The van der Waals surface area contributed by atoms with E-state index in [0.717, 1.165) is 43.8 Å². The Morgan fingerprint density at radius 3 is 2.21 bits per heavy atom. The maximum atomic E-state index is 12.6. The van der Waals surface area contributed by atoms with Gasteiger partial charge in [0.25, 0.3) is 17.3 Å². The van der Waals surface area contributed by atoms with Crippen LogP contribution in [0.1, 0.15) is 35.2 Å². The zero-order valence-corrected chi connectivity index (χ0v) is 15.4. The van der Waals surface area contributed by atoms with Crippen molar-refractivity contribution in [2.24, 2.45) is 0 Å². The average molecular weight is 384 g/mol. The highest BCUT2D eigenvalue weighted by molar-refractivity contribution is 6.06. The summed E-state index contributed by atoms with van der Waals surface area (Å²) in [5.74, 6) is -0.630. The maximum Gasteiger partial charge on any atom is 0.279 e. The van der Waals surface area contributed by atoms with Crippen LogP contribution in [-0.4, -0.2) is 28.8 Å². The molecule has 1 N–H and O–H groups in total. The van der Waals surface area contributed by atoms with Gasteiger partial charge < -0.3 is 10.2 Å². The number of rotatable bonds is 5. The van der Waals surface area contributed by atoms with Gasteiger partial charge in [-0.1, -0.05) is 0 Å².